The average molecular weight is 276 g/mol. The standard InChI is InChI=1S/C11H20N2O4S/c1-4-5-9-18(16,17)13(8-6-7-12)11(2,3)10(14)15/h4-6,8-9H2,1-3H3,(H,14,15). The van der Waals surface area contributed by atoms with Crippen molar-refractivity contribution in [3.63, 3.8) is 0 Å². The van der Waals surface area contributed by atoms with Crippen LogP contribution in [0.1, 0.15) is 40.0 Å². The molecule has 0 spiro atoms. The number of carbonyl (C=O) groups is 1. The SMILES string of the molecule is CCCCS(=O)(=O)N(CCC#N)C(C)(C)C(=O)O. The number of sulfonamides is 1. The van der Waals surface area contributed by atoms with Gasteiger partial charge in [-0.05, 0) is 20.3 Å². The smallest absolute Gasteiger partial charge is 0.324 e. The van der Waals surface area contributed by atoms with Crippen molar-refractivity contribution in [3.05, 3.63) is 0 Å². The Labute approximate surface area is 108 Å². The number of nitriles is 1. The lowest BCUT2D eigenvalue weighted by Gasteiger charge is -2.33. The van der Waals surface area contributed by atoms with E-state index >= 15 is 0 Å². The van der Waals surface area contributed by atoms with Crippen molar-refractivity contribution >= 4 is 16.0 Å². The van der Waals surface area contributed by atoms with Gasteiger partial charge in [-0.3, -0.25) is 4.79 Å². The van der Waals surface area contributed by atoms with E-state index in [9.17, 15) is 13.2 Å². The summed E-state index contributed by atoms with van der Waals surface area (Å²) < 4.78 is 25.1. The number of carboxylic acid groups (broad SMARTS) is 1. The minimum Gasteiger partial charge on any atom is -0.480 e. The van der Waals surface area contributed by atoms with Crippen LogP contribution in [-0.2, 0) is 14.8 Å². The van der Waals surface area contributed by atoms with Crippen LogP contribution in [0.4, 0.5) is 0 Å². The lowest BCUT2D eigenvalue weighted by atomic mass is 10.1. The second-order valence-corrected chi connectivity index (χ2v) is 6.53. The first-order valence-electron chi connectivity index (χ1n) is 5.81. The van der Waals surface area contributed by atoms with Gasteiger partial charge in [0.2, 0.25) is 10.0 Å². The minimum atomic E-state index is -3.66. The molecule has 0 rings (SSSR count). The van der Waals surface area contributed by atoms with Gasteiger partial charge >= 0.3 is 5.97 Å². The van der Waals surface area contributed by atoms with Crippen molar-refractivity contribution in [2.24, 2.45) is 0 Å². The number of nitrogens with zero attached hydrogens (tertiary/aromatic N) is 2. The van der Waals surface area contributed by atoms with Crippen molar-refractivity contribution in [1.82, 2.24) is 4.31 Å². The molecule has 0 fully saturated rings. The normalized spacial score (nSPS) is 12.4. The molecule has 0 aliphatic carbocycles. The van der Waals surface area contributed by atoms with E-state index < -0.39 is 21.5 Å². The van der Waals surface area contributed by atoms with Crippen molar-refractivity contribution in [2.75, 3.05) is 12.3 Å². The van der Waals surface area contributed by atoms with Gasteiger partial charge in [0.15, 0.2) is 0 Å². The first kappa shape index (κ1) is 16.9. The highest BCUT2D eigenvalue weighted by Gasteiger charge is 2.41. The Hall–Kier alpha value is -1.13. The van der Waals surface area contributed by atoms with Gasteiger partial charge in [-0.1, -0.05) is 13.3 Å². The predicted octanol–water partition coefficient (Wildman–Crippen LogP) is 1.20. The molecule has 0 aromatic carbocycles. The van der Waals surface area contributed by atoms with E-state index in [4.69, 9.17) is 10.4 Å². The lowest BCUT2D eigenvalue weighted by Crippen LogP contribution is -2.53. The Morgan fingerprint density at radius 2 is 2.00 bits per heavy atom. The highest BCUT2D eigenvalue weighted by atomic mass is 32.2. The van der Waals surface area contributed by atoms with Crippen molar-refractivity contribution in [1.29, 1.82) is 5.26 Å². The third-order valence-corrected chi connectivity index (χ3v) is 4.78. The van der Waals surface area contributed by atoms with E-state index in [1.165, 1.54) is 13.8 Å². The molecular weight excluding hydrogens is 256 g/mol. The summed E-state index contributed by atoms with van der Waals surface area (Å²) in [6, 6.07) is 1.84. The summed E-state index contributed by atoms with van der Waals surface area (Å²) in [5.41, 5.74) is -1.54. The zero-order chi connectivity index (χ0) is 14.4. The van der Waals surface area contributed by atoms with E-state index in [2.05, 4.69) is 0 Å². The number of hydrogen-bond acceptors (Lipinski definition) is 4. The number of unbranched alkanes of at least 4 members (excludes halogenated alkanes) is 1. The Morgan fingerprint density at radius 1 is 1.44 bits per heavy atom. The summed E-state index contributed by atoms with van der Waals surface area (Å²) in [6.07, 6.45) is 1.15. The van der Waals surface area contributed by atoms with Crippen LogP contribution in [0.2, 0.25) is 0 Å². The fourth-order valence-electron chi connectivity index (χ4n) is 1.46. The van der Waals surface area contributed by atoms with Gasteiger partial charge in [-0.25, -0.2) is 8.42 Å². The number of rotatable bonds is 8. The van der Waals surface area contributed by atoms with Gasteiger partial charge in [-0.2, -0.15) is 9.57 Å². The van der Waals surface area contributed by atoms with Crippen LogP contribution in [0, 0.1) is 11.3 Å². The molecule has 0 aromatic rings. The van der Waals surface area contributed by atoms with Crippen molar-refractivity contribution < 1.29 is 18.3 Å². The second-order valence-electron chi connectivity index (χ2n) is 4.51. The highest BCUT2D eigenvalue weighted by Crippen LogP contribution is 2.21. The van der Waals surface area contributed by atoms with Crippen LogP contribution in [-0.4, -0.2) is 41.6 Å². The van der Waals surface area contributed by atoms with Crippen molar-refractivity contribution in [2.45, 2.75) is 45.6 Å². The lowest BCUT2D eigenvalue weighted by molar-refractivity contribution is -0.146. The third kappa shape index (κ3) is 4.27. The molecule has 6 nitrogen and oxygen atoms in total. The van der Waals surface area contributed by atoms with Gasteiger partial charge < -0.3 is 5.11 Å². The molecule has 0 amide bonds. The maximum absolute atomic E-state index is 12.1. The number of aliphatic carboxylic acids is 1. The quantitative estimate of drug-likeness (QED) is 0.718. The van der Waals surface area contributed by atoms with E-state index in [1.807, 2.05) is 13.0 Å². The van der Waals surface area contributed by atoms with E-state index in [-0.39, 0.29) is 18.7 Å². The molecule has 0 aliphatic heterocycles. The van der Waals surface area contributed by atoms with Crippen LogP contribution < -0.4 is 0 Å². The minimum absolute atomic E-state index is 0.0257. The largest absolute Gasteiger partial charge is 0.480 e. The van der Waals surface area contributed by atoms with Gasteiger partial charge in [0.25, 0.3) is 0 Å². The van der Waals surface area contributed by atoms with Gasteiger partial charge in [-0.15, -0.1) is 0 Å². The summed E-state index contributed by atoms with van der Waals surface area (Å²) in [4.78, 5) is 11.2. The summed E-state index contributed by atoms with van der Waals surface area (Å²) in [5, 5.41) is 17.7. The molecule has 0 unspecified atom stereocenters. The monoisotopic (exact) mass is 276 g/mol. The van der Waals surface area contributed by atoms with Crippen LogP contribution in [0.3, 0.4) is 0 Å². The molecule has 0 bridgehead atoms. The first-order chi connectivity index (χ1) is 8.20. The van der Waals surface area contributed by atoms with Crippen LogP contribution >= 0.6 is 0 Å². The van der Waals surface area contributed by atoms with Crippen LogP contribution in [0.5, 0.6) is 0 Å². The number of carboxylic acids is 1. The molecule has 0 aromatic heterocycles. The van der Waals surface area contributed by atoms with E-state index in [1.54, 1.807) is 0 Å². The number of hydrogen-bond donors (Lipinski definition) is 1. The summed E-state index contributed by atoms with van der Waals surface area (Å²) in [5.74, 6) is -1.31. The first-order valence-corrected chi connectivity index (χ1v) is 7.42. The van der Waals surface area contributed by atoms with Gasteiger partial charge in [0, 0.05) is 13.0 Å². The fourth-order valence-corrected chi connectivity index (χ4v) is 3.48. The topological polar surface area (TPSA) is 98.5 Å². The van der Waals surface area contributed by atoms with E-state index in [0.29, 0.717) is 12.8 Å². The molecule has 18 heavy (non-hydrogen) atoms. The Morgan fingerprint density at radius 3 is 2.39 bits per heavy atom. The molecule has 0 atom stereocenters. The van der Waals surface area contributed by atoms with Crippen LogP contribution in [0.15, 0.2) is 0 Å². The highest BCUT2D eigenvalue weighted by molar-refractivity contribution is 7.89. The Bertz CT molecular complexity index is 423. The molecule has 0 heterocycles. The molecule has 0 saturated carbocycles. The second kappa shape index (κ2) is 6.71. The summed E-state index contributed by atoms with van der Waals surface area (Å²) in [7, 11) is -3.66. The molecule has 104 valence electrons. The van der Waals surface area contributed by atoms with Crippen molar-refractivity contribution in [3.8, 4) is 6.07 Å². The molecule has 0 saturated heterocycles. The molecule has 7 heteroatoms. The maximum atomic E-state index is 12.1. The molecule has 1 N–H and O–H groups in total. The molecular formula is C11H20N2O4S. The van der Waals surface area contributed by atoms with Gasteiger partial charge in [0.05, 0.1) is 11.8 Å². The van der Waals surface area contributed by atoms with E-state index in [0.717, 1.165) is 4.31 Å². The van der Waals surface area contributed by atoms with Gasteiger partial charge in [0.1, 0.15) is 5.54 Å². The summed E-state index contributed by atoms with van der Waals surface area (Å²) in [6.45, 7) is 4.42. The Kier molecular flexibility index (Phi) is 6.29. The maximum Gasteiger partial charge on any atom is 0.324 e. The van der Waals surface area contributed by atoms with Crippen LogP contribution in [0.25, 0.3) is 0 Å². The fraction of sp³-hybridized carbons (Fsp3) is 0.818. The Balaban J connectivity index is 5.24. The predicted molar refractivity (Wildman–Crippen MR) is 67.3 cm³/mol. The molecule has 0 radical (unpaired) electrons. The molecule has 0 aliphatic rings. The average Bonchev–Trinajstić information content (AvgIpc) is 2.26. The summed E-state index contributed by atoms with van der Waals surface area (Å²) >= 11 is 0. The third-order valence-electron chi connectivity index (χ3n) is 2.67. The zero-order valence-electron chi connectivity index (χ0n) is 11.0. The zero-order valence-corrected chi connectivity index (χ0v) is 11.8.